The van der Waals surface area contributed by atoms with Crippen LogP contribution in [0, 0.1) is 0 Å². The maximum atomic E-state index is 12.2. The molecule has 0 aliphatic carbocycles. The van der Waals surface area contributed by atoms with Crippen molar-refractivity contribution in [2.45, 2.75) is 13.0 Å². The Morgan fingerprint density at radius 2 is 1.62 bits per heavy atom. The summed E-state index contributed by atoms with van der Waals surface area (Å²) in [7, 11) is -3.29. The zero-order valence-electron chi connectivity index (χ0n) is 13.6. The molecule has 1 N–H and O–H groups in total. The van der Waals surface area contributed by atoms with E-state index in [1.807, 2.05) is 48.5 Å². The van der Waals surface area contributed by atoms with Crippen molar-refractivity contribution in [2.24, 2.45) is 0 Å². The Balaban J connectivity index is 1.55. The average Bonchev–Trinajstić information content (AvgIpc) is 3.14. The van der Waals surface area contributed by atoms with Crippen LogP contribution in [-0.4, -0.2) is 27.3 Å². The second kappa shape index (κ2) is 7.64. The van der Waals surface area contributed by atoms with E-state index < -0.39 is 10.0 Å². The van der Waals surface area contributed by atoms with E-state index in [-0.39, 0.29) is 5.75 Å². The quantitative estimate of drug-likeness (QED) is 0.787. The highest BCUT2D eigenvalue weighted by atomic mass is 32.2. The molecule has 0 spiro atoms. The lowest BCUT2D eigenvalue weighted by molar-refractivity contribution is 0.580. The molecule has 0 amide bonds. The minimum absolute atomic E-state index is 0.104. The molecule has 5 heteroatoms. The summed E-state index contributed by atoms with van der Waals surface area (Å²) in [4.78, 5) is 2.24. The topological polar surface area (TPSA) is 49.4 Å². The van der Waals surface area contributed by atoms with Gasteiger partial charge in [-0.25, -0.2) is 13.1 Å². The largest absolute Gasteiger partial charge is 0.364 e. The summed E-state index contributed by atoms with van der Waals surface area (Å²) in [6, 6.07) is 17.7. The monoisotopic (exact) mass is 342 g/mol. The number of rotatable bonds is 7. The molecule has 1 aliphatic heterocycles. The molecular formula is C19H22N2O2S. The number of benzene rings is 2. The van der Waals surface area contributed by atoms with Crippen LogP contribution < -0.4 is 9.62 Å². The Morgan fingerprint density at radius 3 is 2.38 bits per heavy atom. The van der Waals surface area contributed by atoms with E-state index in [0.717, 1.165) is 29.9 Å². The van der Waals surface area contributed by atoms with E-state index in [0.29, 0.717) is 13.0 Å². The highest BCUT2D eigenvalue weighted by Crippen LogP contribution is 2.18. The summed E-state index contributed by atoms with van der Waals surface area (Å²) in [5, 5.41) is 0. The molecular weight excluding hydrogens is 320 g/mol. The molecule has 24 heavy (non-hydrogen) atoms. The number of anilines is 1. The summed E-state index contributed by atoms with van der Waals surface area (Å²) in [5.41, 5.74) is 3.13. The van der Waals surface area contributed by atoms with Gasteiger partial charge in [-0.15, -0.1) is 0 Å². The highest BCUT2D eigenvalue weighted by molar-refractivity contribution is 7.89. The highest BCUT2D eigenvalue weighted by Gasteiger charge is 2.12. The first-order valence-electron chi connectivity index (χ1n) is 8.12. The van der Waals surface area contributed by atoms with Gasteiger partial charge in [0.05, 0.1) is 5.75 Å². The first-order chi connectivity index (χ1) is 11.6. The van der Waals surface area contributed by atoms with Crippen molar-refractivity contribution in [2.75, 3.05) is 23.7 Å². The van der Waals surface area contributed by atoms with Gasteiger partial charge >= 0.3 is 0 Å². The average molecular weight is 342 g/mol. The molecule has 0 bridgehead atoms. The van der Waals surface area contributed by atoms with Crippen molar-refractivity contribution in [1.82, 2.24) is 4.72 Å². The van der Waals surface area contributed by atoms with Gasteiger partial charge in [0.2, 0.25) is 10.0 Å². The van der Waals surface area contributed by atoms with Crippen LogP contribution in [0.3, 0.4) is 0 Å². The molecule has 126 valence electrons. The molecule has 2 aromatic rings. The van der Waals surface area contributed by atoms with E-state index in [9.17, 15) is 8.42 Å². The van der Waals surface area contributed by atoms with Crippen LogP contribution in [0.2, 0.25) is 0 Å². The van der Waals surface area contributed by atoms with E-state index in [1.165, 1.54) is 0 Å². The van der Waals surface area contributed by atoms with E-state index >= 15 is 0 Å². The Kier molecular flexibility index (Phi) is 5.33. The van der Waals surface area contributed by atoms with Crippen molar-refractivity contribution >= 4 is 15.7 Å². The third kappa shape index (κ3) is 4.69. The van der Waals surface area contributed by atoms with Gasteiger partial charge in [0, 0.05) is 25.3 Å². The van der Waals surface area contributed by atoms with Crippen LogP contribution in [0.5, 0.6) is 0 Å². The Morgan fingerprint density at radius 1 is 0.917 bits per heavy atom. The normalized spacial score (nSPS) is 14.2. The lowest BCUT2D eigenvalue weighted by Gasteiger charge is -2.18. The van der Waals surface area contributed by atoms with Crippen LogP contribution in [-0.2, 0) is 23.0 Å². The van der Waals surface area contributed by atoms with E-state index in [1.54, 1.807) is 0 Å². The number of hydrogen-bond acceptors (Lipinski definition) is 3. The predicted molar refractivity (Wildman–Crippen MR) is 98.6 cm³/mol. The minimum Gasteiger partial charge on any atom is -0.364 e. The fourth-order valence-electron chi connectivity index (χ4n) is 2.71. The fraction of sp³-hybridized carbons (Fsp3) is 0.263. The molecule has 0 saturated heterocycles. The summed E-state index contributed by atoms with van der Waals surface area (Å²) in [6.45, 7) is 2.14. The lowest BCUT2D eigenvalue weighted by atomic mass is 10.2. The van der Waals surface area contributed by atoms with Gasteiger partial charge in [-0.2, -0.15) is 0 Å². The standard InChI is InChI=1S/C19H22N2O2S/c22-24(23,14-11-17-7-2-1-3-8-17)20-16-18-9-6-10-19(15-18)21-12-4-5-13-21/h1-10,15,20H,11-14,16H2. The summed E-state index contributed by atoms with van der Waals surface area (Å²) in [5.74, 6) is 0.104. The fourth-order valence-corrected chi connectivity index (χ4v) is 3.75. The van der Waals surface area contributed by atoms with Gasteiger partial charge in [-0.1, -0.05) is 54.6 Å². The molecule has 0 aromatic heterocycles. The zero-order valence-corrected chi connectivity index (χ0v) is 14.4. The van der Waals surface area contributed by atoms with E-state index in [2.05, 4.69) is 27.8 Å². The molecule has 1 heterocycles. The van der Waals surface area contributed by atoms with Gasteiger partial charge < -0.3 is 4.90 Å². The molecule has 1 aliphatic rings. The molecule has 3 rings (SSSR count). The number of aryl methyl sites for hydroxylation is 1. The number of sulfonamides is 1. The van der Waals surface area contributed by atoms with Crippen LogP contribution in [0.1, 0.15) is 11.1 Å². The second-order valence-corrected chi connectivity index (χ2v) is 7.85. The molecule has 0 fully saturated rings. The SMILES string of the molecule is O=S(=O)(CCc1ccccc1)NCc1cccc(N2CC=CC2)c1. The van der Waals surface area contributed by atoms with Crippen molar-refractivity contribution in [3.05, 3.63) is 77.9 Å². The van der Waals surface area contributed by atoms with Crippen LogP contribution in [0.25, 0.3) is 0 Å². The summed E-state index contributed by atoms with van der Waals surface area (Å²) >= 11 is 0. The van der Waals surface area contributed by atoms with Gasteiger partial charge in [-0.05, 0) is 29.7 Å². The van der Waals surface area contributed by atoms with Crippen LogP contribution >= 0.6 is 0 Å². The molecule has 0 radical (unpaired) electrons. The van der Waals surface area contributed by atoms with Gasteiger partial charge in [0.25, 0.3) is 0 Å². The van der Waals surface area contributed by atoms with Gasteiger partial charge in [0.15, 0.2) is 0 Å². The van der Waals surface area contributed by atoms with E-state index in [4.69, 9.17) is 0 Å². The Hall–Kier alpha value is -2.11. The minimum atomic E-state index is -3.29. The lowest BCUT2D eigenvalue weighted by Crippen LogP contribution is -2.27. The van der Waals surface area contributed by atoms with Crippen molar-refractivity contribution < 1.29 is 8.42 Å². The number of nitrogens with zero attached hydrogens (tertiary/aromatic N) is 1. The maximum absolute atomic E-state index is 12.2. The van der Waals surface area contributed by atoms with Crippen molar-refractivity contribution in [1.29, 1.82) is 0 Å². The van der Waals surface area contributed by atoms with Crippen LogP contribution in [0.15, 0.2) is 66.7 Å². The Labute approximate surface area is 143 Å². The van der Waals surface area contributed by atoms with Gasteiger partial charge in [-0.3, -0.25) is 0 Å². The predicted octanol–water partition coefficient (Wildman–Crippen LogP) is 2.72. The third-order valence-corrected chi connectivity index (χ3v) is 5.42. The second-order valence-electron chi connectivity index (χ2n) is 5.92. The first kappa shape index (κ1) is 16.7. The smallest absolute Gasteiger partial charge is 0.212 e. The molecule has 4 nitrogen and oxygen atoms in total. The molecule has 0 unspecified atom stereocenters. The number of nitrogens with one attached hydrogen (secondary N) is 1. The molecule has 0 saturated carbocycles. The third-order valence-electron chi connectivity index (χ3n) is 4.09. The van der Waals surface area contributed by atoms with Crippen LogP contribution in [0.4, 0.5) is 5.69 Å². The summed E-state index contributed by atoms with van der Waals surface area (Å²) in [6.07, 6.45) is 4.80. The zero-order chi connectivity index (χ0) is 16.8. The Bertz CT molecular complexity index is 793. The number of hydrogen-bond donors (Lipinski definition) is 1. The molecule has 2 aromatic carbocycles. The van der Waals surface area contributed by atoms with Gasteiger partial charge in [0.1, 0.15) is 0 Å². The maximum Gasteiger partial charge on any atom is 0.212 e. The molecule has 0 atom stereocenters. The first-order valence-corrected chi connectivity index (χ1v) is 9.78. The summed E-state index contributed by atoms with van der Waals surface area (Å²) < 4.78 is 27.1. The van der Waals surface area contributed by atoms with Crippen molar-refractivity contribution in [3.8, 4) is 0 Å². The van der Waals surface area contributed by atoms with Crippen molar-refractivity contribution in [3.63, 3.8) is 0 Å².